The zero-order valence-corrected chi connectivity index (χ0v) is 17.8. The largest absolute Gasteiger partial charge is 0.494 e. The van der Waals surface area contributed by atoms with Crippen molar-refractivity contribution >= 4 is 17.4 Å². The number of ether oxygens (including phenoxy) is 1. The highest BCUT2D eigenvalue weighted by molar-refractivity contribution is 6.08. The summed E-state index contributed by atoms with van der Waals surface area (Å²) in [6.07, 6.45) is 1.63. The van der Waals surface area contributed by atoms with Crippen molar-refractivity contribution < 1.29 is 18.7 Å². The number of carbonyl (C=O) groups excluding carboxylic acids is 2. The summed E-state index contributed by atoms with van der Waals surface area (Å²) < 4.78 is 11.4. The van der Waals surface area contributed by atoms with E-state index in [-0.39, 0.29) is 11.7 Å². The van der Waals surface area contributed by atoms with E-state index in [0.29, 0.717) is 40.6 Å². The number of benzene rings is 3. The molecule has 4 rings (SSSR count). The van der Waals surface area contributed by atoms with Crippen LogP contribution in [-0.4, -0.2) is 23.3 Å². The first-order chi connectivity index (χ1) is 15.5. The van der Waals surface area contributed by atoms with Crippen LogP contribution in [0, 0.1) is 0 Å². The van der Waals surface area contributed by atoms with Gasteiger partial charge in [-0.05, 0) is 62.4 Å². The van der Waals surface area contributed by atoms with Crippen LogP contribution in [0.25, 0.3) is 22.8 Å². The Hall–Kier alpha value is -4.19. The maximum atomic E-state index is 13.0. The van der Waals surface area contributed by atoms with Crippen molar-refractivity contribution in [3.63, 3.8) is 0 Å². The number of nitrogens with zero attached hydrogens (tertiary/aromatic N) is 1. The molecule has 160 valence electrons. The fourth-order valence-electron chi connectivity index (χ4n) is 3.30. The van der Waals surface area contributed by atoms with Crippen LogP contribution in [0.4, 0.5) is 5.69 Å². The van der Waals surface area contributed by atoms with Crippen molar-refractivity contribution in [3.8, 4) is 28.5 Å². The minimum atomic E-state index is -0.317. The van der Waals surface area contributed by atoms with E-state index >= 15 is 0 Å². The summed E-state index contributed by atoms with van der Waals surface area (Å²) in [6, 6.07) is 21.5. The standard InChI is InChI=1S/C26H22N2O4/c1-3-31-21-13-11-18(12-14-21)24-16-27-26(32-24)23-10-5-4-9-22(23)25(30)28-20-8-6-7-19(15-20)17(2)29/h4-16H,3H2,1-2H3,(H,28,30). The molecule has 6 nitrogen and oxygen atoms in total. The Morgan fingerprint density at radius 2 is 1.78 bits per heavy atom. The molecular formula is C26H22N2O4. The number of amides is 1. The van der Waals surface area contributed by atoms with Gasteiger partial charge < -0.3 is 14.5 Å². The zero-order chi connectivity index (χ0) is 22.5. The highest BCUT2D eigenvalue weighted by Gasteiger charge is 2.17. The van der Waals surface area contributed by atoms with Crippen molar-refractivity contribution in [2.24, 2.45) is 0 Å². The van der Waals surface area contributed by atoms with Gasteiger partial charge in [-0.2, -0.15) is 0 Å². The molecule has 0 aliphatic rings. The van der Waals surface area contributed by atoms with Crippen molar-refractivity contribution in [2.45, 2.75) is 13.8 Å². The molecule has 6 heteroatoms. The van der Waals surface area contributed by atoms with Crippen LogP contribution in [0.5, 0.6) is 5.75 Å². The molecule has 4 aromatic rings. The molecule has 0 saturated heterocycles. The first-order valence-electron chi connectivity index (χ1n) is 10.3. The van der Waals surface area contributed by atoms with Crippen LogP contribution in [0.2, 0.25) is 0 Å². The predicted octanol–water partition coefficient (Wildman–Crippen LogP) is 5.86. The molecule has 0 spiro atoms. The number of hydrogen-bond donors (Lipinski definition) is 1. The maximum absolute atomic E-state index is 13.0. The number of nitrogens with one attached hydrogen (secondary N) is 1. The molecule has 0 aliphatic carbocycles. The van der Waals surface area contributed by atoms with Gasteiger partial charge in [0.2, 0.25) is 5.89 Å². The lowest BCUT2D eigenvalue weighted by Gasteiger charge is -2.09. The number of anilines is 1. The quantitative estimate of drug-likeness (QED) is 0.374. The Morgan fingerprint density at radius 3 is 2.53 bits per heavy atom. The highest BCUT2D eigenvalue weighted by Crippen LogP contribution is 2.29. The van der Waals surface area contributed by atoms with E-state index < -0.39 is 0 Å². The molecule has 0 aliphatic heterocycles. The summed E-state index contributed by atoms with van der Waals surface area (Å²) in [7, 11) is 0. The first-order valence-corrected chi connectivity index (χ1v) is 10.3. The Labute approximate surface area is 185 Å². The smallest absolute Gasteiger partial charge is 0.256 e. The van der Waals surface area contributed by atoms with E-state index in [0.717, 1.165) is 11.3 Å². The third-order valence-electron chi connectivity index (χ3n) is 4.88. The summed E-state index contributed by atoms with van der Waals surface area (Å²) in [4.78, 5) is 29.0. The minimum Gasteiger partial charge on any atom is -0.494 e. The van der Waals surface area contributed by atoms with Crippen molar-refractivity contribution in [1.29, 1.82) is 0 Å². The summed E-state index contributed by atoms with van der Waals surface area (Å²) >= 11 is 0. The summed E-state index contributed by atoms with van der Waals surface area (Å²) in [5, 5.41) is 2.85. The fraction of sp³-hybridized carbons (Fsp3) is 0.115. The molecule has 1 N–H and O–H groups in total. The number of oxazole rings is 1. The second kappa shape index (κ2) is 9.31. The van der Waals surface area contributed by atoms with Crippen LogP contribution in [0.3, 0.4) is 0 Å². The Morgan fingerprint density at radius 1 is 1.00 bits per heavy atom. The lowest BCUT2D eigenvalue weighted by molar-refractivity contribution is 0.101. The molecule has 1 heterocycles. The van der Waals surface area contributed by atoms with E-state index in [1.54, 1.807) is 48.7 Å². The second-order valence-corrected chi connectivity index (χ2v) is 7.12. The van der Waals surface area contributed by atoms with Gasteiger partial charge in [0.1, 0.15) is 5.75 Å². The van der Waals surface area contributed by atoms with E-state index in [1.807, 2.05) is 37.3 Å². The molecule has 3 aromatic carbocycles. The van der Waals surface area contributed by atoms with Gasteiger partial charge in [0.25, 0.3) is 5.91 Å². The Bertz CT molecular complexity index is 1260. The lowest BCUT2D eigenvalue weighted by Crippen LogP contribution is -2.13. The Balaban J connectivity index is 1.59. The number of Topliss-reactive ketones (excluding diaryl/α,β-unsaturated/α-hetero) is 1. The minimum absolute atomic E-state index is 0.0666. The van der Waals surface area contributed by atoms with Gasteiger partial charge in [0.05, 0.1) is 18.4 Å². The molecular weight excluding hydrogens is 404 g/mol. The van der Waals surface area contributed by atoms with E-state index in [9.17, 15) is 9.59 Å². The average Bonchev–Trinajstić information content (AvgIpc) is 3.30. The topological polar surface area (TPSA) is 81.4 Å². The lowest BCUT2D eigenvalue weighted by atomic mass is 10.1. The van der Waals surface area contributed by atoms with Crippen molar-refractivity contribution in [2.75, 3.05) is 11.9 Å². The van der Waals surface area contributed by atoms with Gasteiger partial charge in [-0.3, -0.25) is 9.59 Å². The van der Waals surface area contributed by atoms with Gasteiger partial charge in [-0.15, -0.1) is 0 Å². The molecule has 1 aromatic heterocycles. The Kier molecular flexibility index (Phi) is 6.12. The summed E-state index contributed by atoms with van der Waals surface area (Å²) in [5.41, 5.74) is 2.92. The van der Waals surface area contributed by atoms with E-state index in [2.05, 4.69) is 10.3 Å². The highest BCUT2D eigenvalue weighted by atomic mass is 16.5. The molecule has 0 bridgehead atoms. The average molecular weight is 426 g/mol. The SMILES string of the molecule is CCOc1ccc(-c2cnc(-c3ccccc3C(=O)Nc3cccc(C(C)=O)c3)o2)cc1. The van der Waals surface area contributed by atoms with Crippen molar-refractivity contribution in [3.05, 3.63) is 90.1 Å². The number of ketones is 1. The number of aromatic nitrogens is 1. The van der Waals surface area contributed by atoms with Gasteiger partial charge in [0, 0.05) is 22.4 Å². The maximum Gasteiger partial charge on any atom is 0.256 e. The molecule has 0 radical (unpaired) electrons. The molecule has 32 heavy (non-hydrogen) atoms. The third-order valence-corrected chi connectivity index (χ3v) is 4.88. The van der Waals surface area contributed by atoms with Gasteiger partial charge in [0.15, 0.2) is 11.5 Å². The van der Waals surface area contributed by atoms with E-state index in [1.165, 1.54) is 6.92 Å². The van der Waals surface area contributed by atoms with Crippen LogP contribution in [-0.2, 0) is 0 Å². The molecule has 0 fully saturated rings. The third kappa shape index (κ3) is 4.59. The van der Waals surface area contributed by atoms with Crippen LogP contribution in [0.1, 0.15) is 34.6 Å². The number of hydrogen-bond acceptors (Lipinski definition) is 5. The summed E-state index contributed by atoms with van der Waals surface area (Å²) in [6.45, 7) is 4.02. The van der Waals surface area contributed by atoms with Crippen LogP contribution >= 0.6 is 0 Å². The van der Waals surface area contributed by atoms with Crippen LogP contribution in [0.15, 0.2) is 83.4 Å². The number of rotatable bonds is 7. The zero-order valence-electron chi connectivity index (χ0n) is 17.8. The van der Waals surface area contributed by atoms with Crippen LogP contribution < -0.4 is 10.1 Å². The molecule has 0 unspecified atom stereocenters. The van der Waals surface area contributed by atoms with E-state index in [4.69, 9.17) is 9.15 Å². The second-order valence-electron chi connectivity index (χ2n) is 7.12. The summed E-state index contributed by atoms with van der Waals surface area (Å²) in [5.74, 6) is 1.33. The first kappa shape index (κ1) is 21.1. The molecule has 1 amide bonds. The fourth-order valence-corrected chi connectivity index (χ4v) is 3.30. The predicted molar refractivity (Wildman–Crippen MR) is 123 cm³/mol. The van der Waals surface area contributed by atoms with Crippen molar-refractivity contribution in [1.82, 2.24) is 4.98 Å². The van der Waals surface area contributed by atoms with Gasteiger partial charge in [-0.25, -0.2) is 4.98 Å². The normalized spacial score (nSPS) is 10.6. The van der Waals surface area contributed by atoms with Gasteiger partial charge in [-0.1, -0.05) is 24.3 Å². The monoisotopic (exact) mass is 426 g/mol. The molecule has 0 saturated carbocycles. The molecule has 0 atom stereocenters. The number of carbonyl (C=O) groups is 2. The van der Waals surface area contributed by atoms with Gasteiger partial charge >= 0.3 is 0 Å².